The van der Waals surface area contributed by atoms with Gasteiger partial charge in [-0.1, -0.05) is 6.92 Å². The molecule has 4 nitrogen and oxygen atoms in total. The van der Waals surface area contributed by atoms with E-state index < -0.39 is 0 Å². The van der Waals surface area contributed by atoms with E-state index in [1.54, 1.807) is 0 Å². The molecule has 0 saturated heterocycles. The standard InChI is InChI=1S/C14H20N4/c1-5-6-14-16-15-11(2)18(14)13-9-7-12(8-10-13)17(3)4/h7-10H,5-6H2,1-4H3. The van der Waals surface area contributed by atoms with E-state index in [0.29, 0.717) is 0 Å². The van der Waals surface area contributed by atoms with Gasteiger partial charge in [0.05, 0.1) is 0 Å². The van der Waals surface area contributed by atoms with E-state index >= 15 is 0 Å². The van der Waals surface area contributed by atoms with Gasteiger partial charge >= 0.3 is 0 Å². The molecule has 0 fully saturated rings. The Morgan fingerprint density at radius 3 is 2.33 bits per heavy atom. The number of benzene rings is 1. The lowest BCUT2D eigenvalue weighted by molar-refractivity contribution is 0.798. The summed E-state index contributed by atoms with van der Waals surface area (Å²) in [6.07, 6.45) is 2.03. The number of nitrogens with zero attached hydrogens (tertiary/aromatic N) is 4. The summed E-state index contributed by atoms with van der Waals surface area (Å²) in [5.74, 6) is 1.98. The highest BCUT2D eigenvalue weighted by atomic mass is 15.3. The molecule has 0 radical (unpaired) electrons. The predicted molar refractivity (Wildman–Crippen MR) is 74.4 cm³/mol. The Kier molecular flexibility index (Phi) is 3.65. The Bertz CT molecular complexity index is 511. The minimum absolute atomic E-state index is 0.941. The molecule has 0 unspecified atom stereocenters. The third-order valence-electron chi connectivity index (χ3n) is 2.99. The van der Waals surface area contributed by atoms with Crippen LogP contribution in [0.15, 0.2) is 24.3 Å². The van der Waals surface area contributed by atoms with E-state index in [0.717, 1.165) is 30.2 Å². The highest BCUT2D eigenvalue weighted by molar-refractivity contribution is 5.50. The van der Waals surface area contributed by atoms with Crippen LogP contribution in [-0.2, 0) is 6.42 Å². The first-order valence-electron chi connectivity index (χ1n) is 6.32. The van der Waals surface area contributed by atoms with Gasteiger partial charge in [0.15, 0.2) is 0 Å². The Labute approximate surface area is 108 Å². The topological polar surface area (TPSA) is 34.0 Å². The second-order valence-corrected chi connectivity index (χ2v) is 4.66. The van der Waals surface area contributed by atoms with Crippen molar-refractivity contribution in [2.75, 3.05) is 19.0 Å². The van der Waals surface area contributed by atoms with Gasteiger partial charge < -0.3 is 4.90 Å². The van der Waals surface area contributed by atoms with Gasteiger partial charge in [-0.25, -0.2) is 0 Å². The van der Waals surface area contributed by atoms with Crippen LogP contribution < -0.4 is 4.90 Å². The molecule has 0 aliphatic rings. The highest BCUT2D eigenvalue weighted by Crippen LogP contribution is 2.18. The van der Waals surface area contributed by atoms with Crippen LogP contribution in [0.5, 0.6) is 0 Å². The van der Waals surface area contributed by atoms with Crippen LogP contribution in [0.25, 0.3) is 5.69 Å². The van der Waals surface area contributed by atoms with Crippen LogP contribution in [0.4, 0.5) is 5.69 Å². The number of aryl methyl sites for hydroxylation is 2. The fourth-order valence-corrected chi connectivity index (χ4v) is 2.03. The summed E-state index contributed by atoms with van der Waals surface area (Å²) in [5, 5.41) is 8.41. The highest BCUT2D eigenvalue weighted by Gasteiger charge is 2.09. The number of hydrogen-bond acceptors (Lipinski definition) is 3. The molecular formula is C14H20N4. The molecule has 0 atom stereocenters. The van der Waals surface area contributed by atoms with E-state index in [4.69, 9.17) is 0 Å². The van der Waals surface area contributed by atoms with Crippen LogP contribution in [0, 0.1) is 6.92 Å². The maximum atomic E-state index is 4.24. The van der Waals surface area contributed by atoms with Crippen molar-refractivity contribution in [3.63, 3.8) is 0 Å². The van der Waals surface area contributed by atoms with E-state index in [9.17, 15) is 0 Å². The van der Waals surface area contributed by atoms with Crippen LogP contribution in [0.3, 0.4) is 0 Å². The molecule has 0 N–H and O–H groups in total. The molecule has 96 valence electrons. The van der Waals surface area contributed by atoms with Gasteiger partial charge in [0.2, 0.25) is 0 Å². The second-order valence-electron chi connectivity index (χ2n) is 4.66. The maximum absolute atomic E-state index is 4.24. The Morgan fingerprint density at radius 2 is 1.78 bits per heavy atom. The smallest absolute Gasteiger partial charge is 0.137 e. The third kappa shape index (κ3) is 2.37. The van der Waals surface area contributed by atoms with E-state index in [1.165, 1.54) is 5.69 Å². The van der Waals surface area contributed by atoms with Crippen LogP contribution in [-0.4, -0.2) is 28.9 Å². The molecule has 1 aromatic heterocycles. The fraction of sp³-hybridized carbons (Fsp3) is 0.429. The molecule has 18 heavy (non-hydrogen) atoms. The predicted octanol–water partition coefficient (Wildman–Crippen LogP) is 2.59. The van der Waals surface area contributed by atoms with Crippen molar-refractivity contribution in [2.45, 2.75) is 26.7 Å². The summed E-state index contributed by atoms with van der Waals surface area (Å²) in [4.78, 5) is 2.09. The number of aromatic nitrogens is 3. The van der Waals surface area contributed by atoms with Crippen molar-refractivity contribution in [1.82, 2.24) is 14.8 Å². The average Bonchev–Trinajstić information content (AvgIpc) is 2.71. The van der Waals surface area contributed by atoms with Crippen molar-refractivity contribution >= 4 is 5.69 Å². The van der Waals surface area contributed by atoms with Crippen LogP contribution >= 0.6 is 0 Å². The monoisotopic (exact) mass is 244 g/mol. The molecule has 0 spiro atoms. The molecule has 2 aromatic rings. The summed E-state index contributed by atoms with van der Waals surface area (Å²) in [6.45, 7) is 4.15. The normalized spacial score (nSPS) is 10.7. The molecule has 0 aliphatic heterocycles. The van der Waals surface area contributed by atoms with Gasteiger partial charge in [0.25, 0.3) is 0 Å². The molecule has 1 aromatic carbocycles. The quantitative estimate of drug-likeness (QED) is 0.829. The molecule has 4 heteroatoms. The van der Waals surface area contributed by atoms with Crippen LogP contribution in [0.2, 0.25) is 0 Å². The Hall–Kier alpha value is -1.84. The molecular weight excluding hydrogens is 224 g/mol. The first-order valence-corrected chi connectivity index (χ1v) is 6.32. The number of anilines is 1. The molecule has 0 saturated carbocycles. The average molecular weight is 244 g/mol. The fourth-order valence-electron chi connectivity index (χ4n) is 2.03. The van der Waals surface area contributed by atoms with Crippen molar-refractivity contribution in [3.8, 4) is 5.69 Å². The summed E-state index contributed by atoms with van der Waals surface area (Å²) < 4.78 is 2.13. The lowest BCUT2D eigenvalue weighted by Crippen LogP contribution is -2.09. The van der Waals surface area contributed by atoms with Gasteiger partial charge in [0, 0.05) is 31.9 Å². The Balaban J connectivity index is 2.38. The van der Waals surface area contributed by atoms with Gasteiger partial charge in [-0.05, 0) is 37.6 Å². The van der Waals surface area contributed by atoms with Gasteiger partial charge in [0.1, 0.15) is 11.6 Å². The summed E-state index contributed by atoms with van der Waals surface area (Å²) >= 11 is 0. The summed E-state index contributed by atoms with van der Waals surface area (Å²) in [6, 6.07) is 8.46. The SMILES string of the molecule is CCCc1nnc(C)n1-c1ccc(N(C)C)cc1. The minimum atomic E-state index is 0.941. The largest absolute Gasteiger partial charge is 0.378 e. The zero-order chi connectivity index (χ0) is 13.1. The van der Waals surface area contributed by atoms with Crippen molar-refractivity contribution in [3.05, 3.63) is 35.9 Å². The maximum Gasteiger partial charge on any atom is 0.137 e. The summed E-state index contributed by atoms with van der Waals surface area (Å²) in [5.41, 5.74) is 2.33. The third-order valence-corrected chi connectivity index (χ3v) is 2.99. The minimum Gasteiger partial charge on any atom is -0.378 e. The van der Waals surface area contributed by atoms with Gasteiger partial charge in [-0.15, -0.1) is 10.2 Å². The van der Waals surface area contributed by atoms with Crippen molar-refractivity contribution < 1.29 is 0 Å². The summed E-state index contributed by atoms with van der Waals surface area (Å²) in [7, 11) is 4.09. The zero-order valence-electron chi connectivity index (χ0n) is 11.5. The molecule has 0 aliphatic carbocycles. The lowest BCUT2D eigenvalue weighted by Gasteiger charge is -2.14. The van der Waals surface area contributed by atoms with Crippen LogP contribution in [0.1, 0.15) is 25.0 Å². The molecule has 1 heterocycles. The van der Waals surface area contributed by atoms with E-state index in [2.05, 4.69) is 50.9 Å². The van der Waals surface area contributed by atoms with Crippen molar-refractivity contribution in [2.24, 2.45) is 0 Å². The first kappa shape index (κ1) is 12.6. The molecule has 0 bridgehead atoms. The molecule has 0 amide bonds. The van der Waals surface area contributed by atoms with Gasteiger partial charge in [-0.3, -0.25) is 4.57 Å². The van der Waals surface area contributed by atoms with E-state index in [-0.39, 0.29) is 0 Å². The number of hydrogen-bond donors (Lipinski definition) is 0. The lowest BCUT2D eigenvalue weighted by atomic mass is 10.2. The Morgan fingerprint density at radius 1 is 1.11 bits per heavy atom. The zero-order valence-corrected chi connectivity index (χ0v) is 11.5. The van der Waals surface area contributed by atoms with Crippen molar-refractivity contribution in [1.29, 1.82) is 0 Å². The first-order chi connectivity index (χ1) is 8.63. The molecule has 2 rings (SSSR count). The van der Waals surface area contributed by atoms with Gasteiger partial charge in [-0.2, -0.15) is 0 Å². The number of rotatable bonds is 4. The second kappa shape index (κ2) is 5.21. The van der Waals surface area contributed by atoms with E-state index in [1.807, 2.05) is 21.0 Å².